The maximum atomic E-state index is 13.6. The number of rotatable bonds is 2. The molecule has 0 bridgehead atoms. The lowest BCUT2D eigenvalue weighted by molar-refractivity contribution is 0.580. The molecule has 0 spiro atoms. The highest BCUT2D eigenvalue weighted by Gasteiger charge is 2.07. The van der Waals surface area contributed by atoms with Gasteiger partial charge in [0.15, 0.2) is 0 Å². The number of nitrogens with zero attached hydrogens (tertiary/aromatic N) is 3. The highest BCUT2D eigenvalue weighted by Crippen LogP contribution is 2.19. The van der Waals surface area contributed by atoms with Crippen LogP contribution in [0.4, 0.5) is 4.39 Å². The Hall–Kier alpha value is -1.67. The second kappa shape index (κ2) is 4.45. The summed E-state index contributed by atoms with van der Waals surface area (Å²) in [5, 5.41) is 12.6. The van der Waals surface area contributed by atoms with Crippen LogP contribution in [-0.2, 0) is 6.54 Å². The van der Waals surface area contributed by atoms with Crippen molar-refractivity contribution in [1.29, 1.82) is 5.26 Å². The van der Waals surface area contributed by atoms with E-state index in [0.29, 0.717) is 22.1 Å². The van der Waals surface area contributed by atoms with Gasteiger partial charge in [0, 0.05) is 11.8 Å². The fraction of sp³-hybridized carbons (Fsp3) is 0.0909. The molecule has 0 atom stereocenters. The van der Waals surface area contributed by atoms with Crippen LogP contribution in [0.25, 0.3) is 0 Å². The molecule has 0 aliphatic rings. The minimum absolute atomic E-state index is 0.295. The molecule has 2 aromatic rings. The SMILES string of the molecule is N#Cc1cnn(Cc2cccc(Br)c2F)c1. The van der Waals surface area contributed by atoms with Gasteiger partial charge in [0.1, 0.15) is 11.9 Å². The third-order valence-electron chi connectivity index (χ3n) is 2.13. The average Bonchev–Trinajstić information content (AvgIpc) is 2.73. The largest absolute Gasteiger partial charge is 0.267 e. The quantitative estimate of drug-likeness (QED) is 0.848. The summed E-state index contributed by atoms with van der Waals surface area (Å²) in [5.41, 5.74) is 0.998. The van der Waals surface area contributed by atoms with Crippen molar-refractivity contribution in [2.24, 2.45) is 0 Å². The third-order valence-corrected chi connectivity index (χ3v) is 2.74. The Kier molecular flexibility index (Phi) is 3.02. The van der Waals surface area contributed by atoms with Crippen LogP contribution in [0.3, 0.4) is 0 Å². The summed E-state index contributed by atoms with van der Waals surface area (Å²) < 4.78 is 15.6. The molecule has 0 saturated heterocycles. The van der Waals surface area contributed by atoms with Crippen molar-refractivity contribution in [3.05, 3.63) is 52.0 Å². The minimum atomic E-state index is -0.295. The van der Waals surface area contributed by atoms with Crippen molar-refractivity contribution >= 4 is 15.9 Å². The molecule has 1 heterocycles. The number of benzene rings is 1. The molecule has 80 valence electrons. The first kappa shape index (κ1) is 10.8. The number of hydrogen-bond acceptors (Lipinski definition) is 2. The first-order valence-corrected chi connectivity index (χ1v) is 5.35. The molecule has 16 heavy (non-hydrogen) atoms. The van der Waals surface area contributed by atoms with Crippen LogP contribution in [-0.4, -0.2) is 9.78 Å². The molecule has 1 aromatic heterocycles. The van der Waals surface area contributed by atoms with Crippen molar-refractivity contribution in [2.45, 2.75) is 6.54 Å². The van der Waals surface area contributed by atoms with Crippen molar-refractivity contribution in [3.8, 4) is 6.07 Å². The van der Waals surface area contributed by atoms with E-state index < -0.39 is 0 Å². The van der Waals surface area contributed by atoms with Gasteiger partial charge in [-0.25, -0.2) is 4.39 Å². The van der Waals surface area contributed by atoms with Gasteiger partial charge in [-0.15, -0.1) is 0 Å². The normalized spacial score (nSPS) is 10.1. The maximum absolute atomic E-state index is 13.6. The van der Waals surface area contributed by atoms with Gasteiger partial charge < -0.3 is 0 Å². The van der Waals surface area contributed by atoms with E-state index in [1.54, 1.807) is 24.4 Å². The highest BCUT2D eigenvalue weighted by atomic mass is 79.9. The van der Waals surface area contributed by atoms with Gasteiger partial charge >= 0.3 is 0 Å². The topological polar surface area (TPSA) is 41.6 Å². The fourth-order valence-corrected chi connectivity index (χ4v) is 1.76. The summed E-state index contributed by atoms with van der Waals surface area (Å²) in [6.45, 7) is 0.312. The molecule has 2 rings (SSSR count). The van der Waals surface area contributed by atoms with Crippen LogP contribution in [0.1, 0.15) is 11.1 Å². The van der Waals surface area contributed by atoms with Crippen LogP contribution < -0.4 is 0 Å². The van der Waals surface area contributed by atoms with E-state index in [1.165, 1.54) is 10.9 Å². The average molecular weight is 280 g/mol. The molecule has 1 aromatic carbocycles. The van der Waals surface area contributed by atoms with E-state index in [0.717, 1.165) is 0 Å². The van der Waals surface area contributed by atoms with Crippen molar-refractivity contribution < 1.29 is 4.39 Å². The molecule has 0 aliphatic carbocycles. The smallest absolute Gasteiger partial charge is 0.142 e. The van der Waals surface area contributed by atoms with Gasteiger partial charge in [-0.1, -0.05) is 12.1 Å². The molecule has 0 amide bonds. The Labute approximate surface area is 100 Å². The van der Waals surface area contributed by atoms with E-state index in [9.17, 15) is 4.39 Å². The molecule has 0 N–H and O–H groups in total. The summed E-state index contributed by atoms with van der Waals surface area (Å²) >= 11 is 3.12. The number of hydrogen-bond donors (Lipinski definition) is 0. The molecule has 0 radical (unpaired) electrons. The first-order valence-electron chi connectivity index (χ1n) is 4.56. The zero-order valence-corrected chi connectivity index (χ0v) is 9.78. The van der Waals surface area contributed by atoms with Crippen LogP contribution >= 0.6 is 15.9 Å². The Morgan fingerprint density at radius 1 is 1.50 bits per heavy atom. The second-order valence-electron chi connectivity index (χ2n) is 3.25. The first-order chi connectivity index (χ1) is 7.70. The van der Waals surface area contributed by atoms with E-state index in [-0.39, 0.29) is 5.82 Å². The van der Waals surface area contributed by atoms with Gasteiger partial charge in [0.2, 0.25) is 0 Å². The molecular weight excluding hydrogens is 273 g/mol. The van der Waals surface area contributed by atoms with Gasteiger partial charge in [-0.05, 0) is 22.0 Å². The van der Waals surface area contributed by atoms with Crippen molar-refractivity contribution in [1.82, 2.24) is 9.78 Å². The molecule has 0 fully saturated rings. The highest BCUT2D eigenvalue weighted by molar-refractivity contribution is 9.10. The van der Waals surface area contributed by atoms with Crippen LogP contribution in [0.2, 0.25) is 0 Å². The van der Waals surface area contributed by atoms with Gasteiger partial charge in [-0.3, -0.25) is 4.68 Å². The Morgan fingerprint density at radius 3 is 3.00 bits per heavy atom. The van der Waals surface area contributed by atoms with Gasteiger partial charge in [0.25, 0.3) is 0 Å². The summed E-state index contributed by atoms with van der Waals surface area (Å²) in [4.78, 5) is 0. The zero-order valence-electron chi connectivity index (χ0n) is 8.19. The molecule has 5 heteroatoms. The maximum Gasteiger partial charge on any atom is 0.142 e. The van der Waals surface area contributed by atoms with E-state index in [1.807, 2.05) is 6.07 Å². The molecular formula is C11H7BrFN3. The summed E-state index contributed by atoms with van der Waals surface area (Å²) in [5.74, 6) is -0.295. The predicted molar refractivity (Wildman–Crippen MR) is 60.1 cm³/mol. The summed E-state index contributed by atoms with van der Waals surface area (Å²) in [7, 11) is 0. The molecule has 0 unspecified atom stereocenters. The van der Waals surface area contributed by atoms with E-state index >= 15 is 0 Å². The zero-order chi connectivity index (χ0) is 11.5. The third kappa shape index (κ3) is 2.12. The second-order valence-corrected chi connectivity index (χ2v) is 4.11. The van der Waals surface area contributed by atoms with Crippen molar-refractivity contribution in [3.63, 3.8) is 0 Å². The van der Waals surface area contributed by atoms with Crippen LogP contribution in [0, 0.1) is 17.1 Å². The molecule has 0 saturated carbocycles. The number of halogens is 2. The fourth-order valence-electron chi connectivity index (χ4n) is 1.35. The Morgan fingerprint density at radius 2 is 2.31 bits per heavy atom. The molecule has 0 aliphatic heterocycles. The van der Waals surface area contributed by atoms with E-state index in [2.05, 4.69) is 21.0 Å². The van der Waals surface area contributed by atoms with E-state index in [4.69, 9.17) is 5.26 Å². The minimum Gasteiger partial charge on any atom is -0.267 e. The number of aromatic nitrogens is 2. The lowest BCUT2D eigenvalue weighted by Gasteiger charge is -2.04. The monoisotopic (exact) mass is 279 g/mol. The molecule has 3 nitrogen and oxygen atoms in total. The number of nitriles is 1. The standard InChI is InChI=1S/C11H7BrFN3/c12-10-3-1-2-9(11(10)13)7-16-6-8(4-14)5-15-16/h1-3,5-6H,7H2. The Balaban J connectivity index is 2.27. The van der Waals surface area contributed by atoms with Crippen LogP contribution in [0.15, 0.2) is 35.1 Å². The van der Waals surface area contributed by atoms with Crippen molar-refractivity contribution in [2.75, 3.05) is 0 Å². The van der Waals surface area contributed by atoms with Gasteiger partial charge in [-0.2, -0.15) is 10.4 Å². The van der Waals surface area contributed by atoms with Gasteiger partial charge in [0.05, 0.1) is 22.8 Å². The summed E-state index contributed by atoms with van der Waals surface area (Å²) in [6, 6.07) is 7.06. The lowest BCUT2D eigenvalue weighted by atomic mass is 10.2. The van der Waals surface area contributed by atoms with Crippen LogP contribution in [0.5, 0.6) is 0 Å². The lowest BCUT2D eigenvalue weighted by Crippen LogP contribution is -2.02. The Bertz CT molecular complexity index is 557. The summed E-state index contributed by atoms with van der Waals surface area (Å²) in [6.07, 6.45) is 3.04. The predicted octanol–water partition coefficient (Wildman–Crippen LogP) is 2.70.